The first-order chi connectivity index (χ1) is 11.0. The number of nitrogens with one attached hydrogen (secondary N) is 1. The van der Waals surface area contributed by atoms with Crippen LogP contribution < -0.4 is 5.32 Å². The lowest BCUT2D eigenvalue weighted by atomic mass is 10.0. The molecular formula is C20H25NOS. The molecule has 0 fully saturated rings. The molecule has 0 bridgehead atoms. The highest BCUT2D eigenvalue weighted by Crippen LogP contribution is 2.17. The predicted octanol–water partition coefficient (Wildman–Crippen LogP) is 4.72. The maximum absolute atomic E-state index is 12.1. The van der Waals surface area contributed by atoms with Crippen LogP contribution in [0.25, 0.3) is 0 Å². The molecule has 0 aliphatic carbocycles. The van der Waals surface area contributed by atoms with E-state index >= 15 is 0 Å². The molecule has 2 aromatic carbocycles. The largest absolute Gasteiger partial charge is 0.349 e. The molecule has 0 saturated heterocycles. The molecule has 0 aliphatic rings. The number of aryl methyl sites for hydroxylation is 3. The van der Waals surface area contributed by atoms with Crippen LogP contribution in [0.3, 0.4) is 0 Å². The van der Waals surface area contributed by atoms with E-state index < -0.39 is 0 Å². The summed E-state index contributed by atoms with van der Waals surface area (Å²) in [5.74, 6) is 1.45. The lowest BCUT2D eigenvalue weighted by Crippen LogP contribution is -2.28. The smallest absolute Gasteiger partial charge is 0.230 e. The first kappa shape index (κ1) is 17.6. The number of hydrogen-bond donors (Lipinski definition) is 1. The Kier molecular flexibility index (Phi) is 6.28. The van der Waals surface area contributed by atoms with Gasteiger partial charge in [-0.3, -0.25) is 4.79 Å². The maximum atomic E-state index is 12.1. The van der Waals surface area contributed by atoms with E-state index in [1.165, 1.54) is 22.3 Å². The van der Waals surface area contributed by atoms with Crippen LogP contribution in [0.1, 0.15) is 40.8 Å². The first-order valence-corrected chi connectivity index (χ1v) is 9.11. The van der Waals surface area contributed by atoms with Crippen LogP contribution in [0.4, 0.5) is 0 Å². The number of amides is 1. The zero-order valence-corrected chi connectivity index (χ0v) is 15.2. The van der Waals surface area contributed by atoms with Crippen molar-refractivity contribution in [2.45, 2.75) is 39.5 Å². The molecule has 2 rings (SSSR count). The fraction of sp³-hybridized carbons (Fsp3) is 0.350. The van der Waals surface area contributed by atoms with E-state index in [1.807, 2.05) is 6.92 Å². The Bertz CT molecular complexity index is 664. The highest BCUT2D eigenvalue weighted by molar-refractivity contribution is 7.99. The van der Waals surface area contributed by atoms with E-state index in [0.29, 0.717) is 5.75 Å². The van der Waals surface area contributed by atoms with Crippen LogP contribution in [-0.2, 0) is 10.5 Å². The van der Waals surface area contributed by atoms with E-state index in [4.69, 9.17) is 0 Å². The summed E-state index contributed by atoms with van der Waals surface area (Å²) in [6, 6.07) is 14.9. The molecule has 1 atom stereocenters. The number of benzene rings is 2. The van der Waals surface area contributed by atoms with Crippen molar-refractivity contribution in [1.29, 1.82) is 0 Å². The van der Waals surface area contributed by atoms with Gasteiger partial charge in [-0.1, -0.05) is 48.0 Å². The normalized spacial score (nSPS) is 12.0. The van der Waals surface area contributed by atoms with Crippen LogP contribution in [0.5, 0.6) is 0 Å². The van der Waals surface area contributed by atoms with Crippen molar-refractivity contribution in [3.8, 4) is 0 Å². The van der Waals surface area contributed by atoms with Gasteiger partial charge >= 0.3 is 0 Å². The number of thioether (sulfide) groups is 1. The average molecular weight is 327 g/mol. The molecule has 0 heterocycles. The molecule has 0 unspecified atom stereocenters. The maximum Gasteiger partial charge on any atom is 0.230 e. The summed E-state index contributed by atoms with van der Waals surface area (Å²) in [6.07, 6.45) is 0. The third-order valence-corrected chi connectivity index (χ3v) is 5.03. The Hall–Kier alpha value is -1.74. The van der Waals surface area contributed by atoms with Crippen molar-refractivity contribution in [3.05, 3.63) is 70.3 Å². The van der Waals surface area contributed by atoms with Crippen LogP contribution in [0.2, 0.25) is 0 Å². The van der Waals surface area contributed by atoms with Crippen LogP contribution in [0, 0.1) is 20.8 Å². The summed E-state index contributed by atoms with van der Waals surface area (Å²) in [4.78, 5) is 12.1. The van der Waals surface area contributed by atoms with Gasteiger partial charge in [-0.15, -0.1) is 11.8 Å². The molecule has 0 spiro atoms. The van der Waals surface area contributed by atoms with Gasteiger partial charge in [0.15, 0.2) is 0 Å². The lowest BCUT2D eigenvalue weighted by molar-refractivity contribution is -0.119. The third-order valence-electron chi connectivity index (χ3n) is 4.03. The second kappa shape index (κ2) is 8.21. The molecule has 0 saturated carbocycles. The molecule has 2 aromatic rings. The molecule has 3 heteroatoms. The Morgan fingerprint density at radius 3 is 2.39 bits per heavy atom. The van der Waals surface area contributed by atoms with Gasteiger partial charge in [-0.2, -0.15) is 0 Å². The van der Waals surface area contributed by atoms with Crippen molar-refractivity contribution < 1.29 is 4.79 Å². The lowest BCUT2D eigenvalue weighted by Gasteiger charge is -2.15. The van der Waals surface area contributed by atoms with Gasteiger partial charge in [0.1, 0.15) is 0 Å². The van der Waals surface area contributed by atoms with Gasteiger partial charge in [0, 0.05) is 5.75 Å². The van der Waals surface area contributed by atoms with Crippen LogP contribution in [0.15, 0.2) is 42.5 Å². The summed E-state index contributed by atoms with van der Waals surface area (Å²) in [5, 5.41) is 3.08. The van der Waals surface area contributed by atoms with E-state index in [0.717, 1.165) is 11.3 Å². The predicted molar refractivity (Wildman–Crippen MR) is 99.8 cm³/mol. The molecular weight excluding hydrogens is 302 g/mol. The minimum absolute atomic E-state index is 0.0433. The topological polar surface area (TPSA) is 29.1 Å². The van der Waals surface area contributed by atoms with Gasteiger partial charge < -0.3 is 5.32 Å². The van der Waals surface area contributed by atoms with Crippen LogP contribution in [-0.4, -0.2) is 11.7 Å². The minimum atomic E-state index is 0.0433. The average Bonchev–Trinajstić information content (AvgIpc) is 2.52. The Labute approximate surface area is 143 Å². The summed E-state index contributed by atoms with van der Waals surface area (Å²) >= 11 is 1.65. The number of carbonyl (C=O) groups excluding carboxylic acids is 1. The molecule has 1 amide bonds. The standard InChI is InChI=1S/C20H25NOS/c1-14-5-8-18(9-6-14)12-23-13-20(22)21-17(4)19-10-7-15(2)16(3)11-19/h5-11,17H,12-13H2,1-4H3,(H,21,22)/t17-/m0/s1. The molecule has 2 nitrogen and oxygen atoms in total. The highest BCUT2D eigenvalue weighted by atomic mass is 32.2. The number of carbonyl (C=O) groups is 1. The molecule has 1 N–H and O–H groups in total. The second-order valence-corrected chi connectivity index (χ2v) is 7.10. The van der Waals surface area contributed by atoms with Gasteiger partial charge in [0.05, 0.1) is 11.8 Å². The van der Waals surface area contributed by atoms with E-state index in [-0.39, 0.29) is 11.9 Å². The quantitative estimate of drug-likeness (QED) is 0.831. The number of rotatable bonds is 6. The molecule has 122 valence electrons. The SMILES string of the molecule is Cc1ccc(CSCC(=O)N[C@@H](C)c2ccc(C)c(C)c2)cc1. The highest BCUT2D eigenvalue weighted by Gasteiger charge is 2.10. The molecule has 0 radical (unpaired) electrons. The van der Waals surface area contributed by atoms with E-state index in [9.17, 15) is 4.79 Å². The van der Waals surface area contributed by atoms with E-state index in [2.05, 4.69) is 68.6 Å². The molecule has 0 aromatic heterocycles. The fourth-order valence-electron chi connectivity index (χ4n) is 2.35. The van der Waals surface area contributed by atoms with Crippen molar-refractivity contribution in [3.63, 3.8) is 0 Å². The monoisotopic (exact) mass is 327 g/mol. The summed E-state index contributed by atoms with van der Waals surface area (Å²) < 4.78 is 0. The van der Waals surface area contributed by atoms with Crippen molar-refractivity contribution >= 4 is 17.7 Å². The van der Waals surface area contributed by atoms with Crippen LogP contribution >= 0.6 is 11.8 Å². The number of hydrogen-bond acceptors (Lipinski definition) is 2. The summed E-state index contributed by atoms with van der Waals surface area (Å²) in [6.45, 7) is 8.32. The Balaban J connectivity index is 1.79. The van der Waals surface area contributed by atoms with Crippen molar-refractivity contribution in [1.82, 2.24) is 5.32 Å². The molecule has 0 aliphatic heterocycles. The van der Waals surface area contributed by atoms with Gasteiger partial charge in [-0.05, 0) is 49.9 Å². The van der Waals surface area contributed by atoms with E-state index in [1.54, 1.807) is 11.8 Å². The van der Waals surface area contributed by atoms with Gasteiger partial charge in [0.25, 0.3) is 0 Å². The summed E-state index contributed by atoms with van der Waals surface area (Å²) in [7, 11) is 0. The summed E-state index contributed by atoms with van der Waals surface area (Å²) in [5.41, 5.74) is 6.22. The second-order valence-electron chi connectivity index (χ2n) is 6.11. The molecule has 23 heavy (non-hydrogen) atoms. The third kappa shape index (κ3) is 5.43. The first-order valence-electron chi connectivity index (χ1n) is 7.95. The zero-order chi connectivity index (χ0) is 16.8. The van der Waals surface area contributed by atoms with Gasteiger partial charge in [-0.25, -0.2) is 0 Å². The fourth-order valence-corrected chi connectivity index (χ4v) is 3.15. The Morgan fingerprint density at radius 2 is 1.74 bits per heavy atom. The Morgan fingerprint density at radius 1 is 1.04 bits per heavy atom. The van der Waals surface area contributed by atoms with Gasteiger partial charge in [0.2, 0.25) is 5.91 Å². The minimum Gasteiger partial charge on any atom is -0.349 e. The zero-order valence-electron chi connectivity index (χ0n) is 14.3. The van der Waals surface area contributed by atoms with Crippen molar-refractivity contribution in [2.24, 2.45) is 0 Å². The van der Waals surface area contributed by atoms with Crippen molar-refractivity contribution in [2.75, 3.05) is 5.75 Å².